The van der Waals surface area contributed by atoms with Crippen LogP contribution in [-0.2, 0) is 9.53 Å². The Balaban J connectivity index is 4.30. The lowest BCUT2D eigenvalue weighted by Gasteiger charge is -2.20. The summed E-state index contributed by atoms with van der Waals surface area (Å²) in [5.74, 6) is -5.65. The lowest BCUT2D eigenvalue weighted by molar-refractivity contribution is -0.191. The number of halogens is 6. The van der Waals surface area contributed by atoms with Gasteiger partial charge in [0.2, 0.25) is 0 Å². The Morgan fingerprint density at radius 2 is 1.81 bits per heavy atom. The molecule has 8 heteroatoms. The number of alkyl halides is 6. The van der Waals surface area contributed by atoms with Crippen molar-refractivity contribution in [2.24, 2.45) is 0 Å². The SMILES string of the molecule is C=CC(=O)OCC(F)(F)C(F)CC(F)(F)F. The Kier molecular flexibility index (Phi) is 4.82. The molecule has 0 saturated heterocycles. The summed E-state index contributed by atoms with van der Waals surface area (Å²) in [6.45, 7) is 1.12. The van der Waals surface area contributed by atoms with Crippen molar-refractivity contribution in [2.75, 3.05) is 6.61 Å². The van der Waals surface area contributed by atoms with Crippen LogP contribution in [0.4, 0.5) is 26.3 Å². The Morgan fingerprint density at radius 1 is 1.31 bits per heavy atom. The predicted molar refractivity (Wildman–Crippen MR) is 41.7 cm³/mol. The van der Waals surface area contributed by atoms with E-state index in [0.717, 1.165) is 0 Å². The number of esters is 1. The number of carbonyl (C=O) groups is 1. The molecule has 0 aromatic carbocycles. The lowest BCUT2D eigenvalue weighted by atomic mass is 10.1. The molecule has 1 unspecified atom stereocenters. The molecule has 0 radical (unpaired) electrons. The Labute approximate surface area is 86.9 Å². The fourth-order valence-electron chi connectivity index (χ4n) is 0.669. The summed E-state index contributed by atoms with van der Waals surface area (Å²) >= 11 is 0. The standard InChI is InChI=1S/C8H8F6O2/c1-2-6(15)16-4-7(10,11)5(9)3-8(12,13)14/h2,5H,1,3-4H2. The van der Waals surface area contributed by atoms with Crippen molar-refractivity contribution in [2.45, 2.75) is 24.7 Å². The molecular weight excluding hydrogens is 242 g/mol. The van der Waals surface area contributed by atoms with E-state index in [1.165, 1.54) is 0 Å². The van der Waals surface area contributed by atoms with Crippen LogP contribution in [0.3, 0.4) is 0 Å². The van der Waals surface area contributed by atoms with Crippen LogP contribution in [0.15, 0.2) is 12.7 Å². The molecule has 94 valence electrons. The number of ether oxygens (including phenoxy) is 1. The molecule has 0 aliphatic carbocycles. The van der Waals surface area contributed by atoms with Crippen molar-refractivity contribution in [1.82, 2.24) is 0 Å². The molecule has 0 saturated carbocycles. The Morgan fingerprint density at radius 3 is 2.19 bits per heavy atom. The zero-order valence-electron chi connectivity index (χ0n) is 7.86. The molecule has 1 atom stereocenters. The highest BCUT2D eigenvalue weighted by Crippen LogP contribution is 2.32. The van der Waals surface area contributed by atoms with E-state index < -0.39 is 37.3 Å². The molecule has 0 aliphatic rings. The van der Waals surface area contributed by atoms with Crippen molar-refractivity contribution < 1.29 is 35.9 Å². The van der Waals surface area contributed by atoms with Gasteiger partial charge in [-0.15, -0.1) is 0 Å². The average molecular weight is 250 g/mol. The summed E-state index contributed by atoms with van der Waals surface area (Å²) < 4.78 is 76.4. The highest BCUT2D eigenvalue weighted by atomic mass is 19.4. The van der Waals surface area contributed by atoms with Crippen LogP contribution in [0.5, 0.6) is 0 Å². The average Bonchev–Trinajstić information content (AvgIpc) is 2.11. The van der Waals surface area contributed by atoms with Crippen molar-refractivity contribution in [3.05, 3.63) is 12.7 Å². The van der Waals surface area contributed by atoms with Crippen LogP contribution < -0.4 is 0 Å². The lowest BCUT2D eigenvalue weighted by Crippen LogP contribution is -2.38. The topological polar surface area (TPSA) is 26.3 Å². The first-order valence-electron chi connectivity index (χ1n) is 3.96. The van der Waals surface area contributed by atoms with Crippen molar-refractivity contribution in [3.8, 4) is 0 Å². The van der Waals surface area contributed by atoms with Gasteiger partial charge in [-0.1, -0.05) is 6.58 Å². The van der Waals surface area contributed by atoms with Gasteiger partial charge in [-0.2, -0.15) is 22.0 Å². The summed E-state index contributed by atoms with van der Waals surface area (Å²) in [6, 6.07) is 0. The first-order chi connectivity index (χ1) is 7.08. The maximum atomic E-state index is 12.7. The highest BCUT2D eigenvalue weighted by molar-refractivity contribution is 5.81. The molecule has 0 rings (SSSR count). The summed E-state index contributed by atoms with van der Waals surface area (Å²) in [7, 11) is 0. The minimum absolute atomic E-state index is 0.535. The van der Waals surface area contributed by atoms with Gasteiger partial charge in [0.05, 0.1) is 6.42 Å². The number of rotatable bonds is 5. The molecule has 0 spiro atoms. The third kappa shape index (κ3) is 5.62. The molecule has 0 fully saturated rings. The van der Waals surface area contributed by atoms with Gasteiger partial charge in [-0.05, 0) is 0 Å². The van der Waals surface area contributed by atoms with E-state index in [1.54, 1.807) is 0 Å². The first kappa shape index (κ1) is 14.8. The second-order valence-electron chi connectivity index (χ2n) is 2.86. The van der Waals surface area contributed by atoms with Gasteiger partial charge < -0.3 is 4.74 Å². The van der Waals surface area contributed by atoms with Gasteiger partial charge in [0.15, 0.2) is 12.8 Å². The predicted octanol–water partition coefficient (Wildman–Crippen LogP) is 2.64. The smallest absolute Gasteiger partial charge is 0.392 e. The van der Waals surface area contributed by atoms with Gasteiger partial charge in [0, 0.05) is 6.08 Å². The minimum Gasteiger partial charge on any atom is -0.456 e. The van der Waals surface area contributed by atoms with E-state index in [9.17, 15) is 31.1 Å². The fourth-order valence-corrected chi connectivity index (χ4v) is 0.669. The van der Waals surface area contributed by atoms with E-state index in [0.29, 0.717) is 6.08 Å². The van der Waals surface area contributed by atoms with Crippen LogP contribution in [0, 0.1) is 0 Å². The van der Waals surface area contributed by atoms with Crippen molar-refractivity contribution in [1.29, 1.82) is 0 Å². The largest absolute Gasteiger partial charge is 0.456 e. The molecule has 0 aromatic rings. The van der Waals surface area contributed by atoms with Crippen LogP contribution in [0.25, 0.3) is 0 Å². The number of hydrogen-bond acceptors (Lipinski definition) is 2. The molecule has 16 heavy (non-hydrogen) atoms. The van der Waals surface area contributed by atoms with Crippen LogP contribution in [0.2, 0.25) is 0 Å². The van der Waals surface area contributed by atoms with Gasteiger partial charge in [0.1, 0.15) is 0 Å². The van der Waals surface area contributed by atoms with E-state index in [2.05, 4.69) is 11.3 Å². The number of carbonyl (C=O) groups excluding carboxylic acids is 1. The normalized spacial score (nSPS) is 14.4. The van der Waals surface area contributed by atoms with E-state index in [1.807, 2.05) is 0 Å². The second-order valence-corrected chi connectivity index (χ2v) is 2.86. The molecule has 0 aromatic heterocycles. The molecule has 2 nitrogen and oxygen atoms in total. The zero-order valence-corrected chi connectivity index (χ0v) is 7.86. The molecule has 0 N–H and O–H groups in total. The summed E-state index contributed by atoms with van der Waals surface area (Å²) in [5, 5.41) is 0. The van der Waals surface area contributed by atoms with Gasteiger partial charge >= 0.3 is 18.1 Å². The highest BCUT2D eigenvalue weighted by Gasteiger charge is 2.47. The monoisotopic (exact) mass is 250 g/mol. The van der Waals surface area contributed by atoms with Crippen molar-refractivity contribution in [3.63, 3.8) is 0 Å². The van der Waals surface area contributed by atoms with Crippen LogP contribution in [0.1, 0.15) is 6.42 Å². The van der Waals surface area contributed by atoms with Crippen molar-refractivity contribution >= 4 is 5.97 Å². The fraction of sp³-hybridized carbons (Fsp3) is 0.625. The summed E-state index contributed by atoms with van der Waals surface area (Å²) in [4.78, 5) is 10.3. The maximum absolute atomic E-state index is 12.7. The quantitative estimate of drug-likeness (QED) is 0.426. The summed E-state index contributed by atoms with van der Waals surface area (Å²) in [6.07, 6.45) is -10.3. The number of hydrogen-bond donors (Lipinski definition) is 0. The molecular formula is C8H8F6O2. The van der Waals surface area contributed by atoms with E-state index in [4.69, 9.17) is 0 Å². The third-order valence-corrected chi connectivity index (χ3v) is 1.44. The first-order valence-corrected chi connectivity index (χ1v) is 3.96. The van der Waals surface area contributed by atoms with E-state index in [-0.39, 0.29) is 0 Å². The second kappa shape index (κ2) is 5.22. The Bertz CT molecular complexity index is 260. The van der Waals surface area contributed by atoms with Gasteiger partial charge in [-0.25, -0.2) is 9.18 Å². The molecule has 0 amide bonds. The van der Waals surface area contributed by atoms with Gasteiger partial charge in [-0.3, -0.25) is 0 Å². The Hall–Kier alpha value is -1.21. The zero-order chi connectivity index (χ0) is 13.0. The molecule has 0 heterocycles. The van der Waals surface area contributed by atoms with Gasteiger partial charge in [0.25, 0.3) is 0 Å². The molecule has 0 bridgehead atoms. The van der Waals surface area contributed by atoms with E-state index >= 15 is 0 Å². The minimum atomic E-state index is -5.05. The van der Waals surface area contributed by atoms with Crippen LogP contribution >= 0.6 is 0 Å². The maximum Gasteiger partial charge on any atom is 0.392 e. The van der Waals surface area contributed by atoms with Crippen LogP contribution in [-0.4, -0.2) is 30.8 Å². The molecule has 0 aliphatic heterocycles. The summed E-state index contributed by atoms with van der Waals surface area (Å²) in [5.41, 5.74) is 0. The third-order valence-electron chi connectivity index (χ3n) is 1.44.